The number of carbonyl (C=O) groups is 1. The van der Waals surface area contributed by atoms with Crippen molar-refractivity contribution in [2.45, 2.75) is 37.1 Å². The number of nitrogens with one attached hydrogen (secondary N) is 1. The van der Waals surface area contributed by atoms with Gasteiger partial charge in [0.2, 0.25) is 21.2 Å². The van der Waals surface area contributed by atoms with E-state index >= 15 is 0 Å². The molecular weight excluding hydrogens is 464 g/mol. The molecule has 0 atom stereocenters. The minimum Gasteiger partial charge on any atom is -0.494 e. The summed E-state index contributed by atoms with van der Waals surface area (Å²) in [4.78, 5) is 25.9. The highest BCUT2D eigenvalue weighted by molar-refractivity contribution is 7.91. The van der Waals surface area contributed by atoms with Gasteiger partial charge in [0.15, 0.2) is 0 Å². The summed E-state index contributed by atoms with van der Waals surface area (Å²) in [5, 5.41) is 3.01. The van der Waals surface area contributed by atoms with E-state index in [1.165, 1.54) is 29.0 Å². The Labute approximate surface area is 203 Å². The Morgan fingerprint density at radius 2 is 1.71 bits per heavy atom. The Kier molecular flexibility index (Phi) is 6.75. The first-order valence-electron chi connectivity index (χ1n) is 11.2. The topological polar surface area (TPSA) is 94.5 Å². The van der Waals surface area contributed by atoms with Gasteiger partial charge in [-0.2, -0.15) is 0 Å². The van der Waals surface area contributed by atoms with Crippen molar-refractivity contribution in [2.75, 3.05) is 11.9 Å². The van der Waals surface area contributed by atoms with Crippen molar-refractivity contribution in [2.24, 2.45) is 0 Å². The molecule has 1 aromatic heterocycles. The molecule has 0 fully saturated rings. The van der Waals surface area contributed by atoms with Crippen LogP contribution in [0.25, 0.3) is 10.9 Å². The van der Waals surface area contributed by atoms with E-state index in [1.807, 2.05) is 39.0 Å². The maximum Gasteiger partial charge on any atom is 0.244 e. The van der Waals surface area contributed by atoms with E-state index in [0.717, 1.165) is 11.1 Å². The van der Waals surface area contributed by atoms with Crippen molar-refractivity contribution in [3.05, 3.63) is 94.3 Å². The lowest BCUT2D eigenvalue weighted by molar-refractivity contribution is -0.116. The maximum atomic E-state index is 13.4. The van der Waals surface area contributed by atoms with Crippen molar-refractivity contribution < 1.29 is 17.9 Å². The summed E-state index contributed by atoms with van der Waals surface area (Å²) in [7, 11) is -4.13. The van der Waals surface area contributed by atoms with E-state index in [1.54, 1.807) is 30.3 Å². The standard InChI is InChI=1S/C27H26N2O5S/c1-4-34-20-11-14-24-22(15-20)27(31)25(35(32,33)21-12-9-18(2)10-13-21)16-29(24)17-26(30)28-23-8-6-5-7-19(23)3/h5-16H,4,17H2,1-3H3,(H,28,30). The van der Waals surface area contributed by atoms with Crippen molar-refractivity contribution in [1.82, 2.24) is 4.57 Å². The fourth-order valence-electron chi connectivity index (χ4n) is 3.83. The number of para-hydroxylation sites is 1. The molecule has 0 bridgehead atoms. The number of hydrogen-bond donors (Lipinski definition) is 1. The lowest BCUT2D eigenvalue weighted by atomic mass is 10.2. The molecule has 0 aliphatic carbocycles. The SMILES string of the molecule is CCOc1ccc2c(c1)c(=O)c(S(=O)(=O)c1ccc(C)cc1)cn2CC(=O)Nc1ccccc1C. The average molecular weight is 491 g/mol. The summed E-state index contributed by atoms with van der Waals surface area (Å²) in [5.74, 6) is 0.0923. The number of benzene rings is 3. The second-order valence-electron chi connectivity index (χ2n) is 8.24. The highest BCUT2D eigenvalue weighted by Gasteiger charge is 2.24. The fraction of sp³-hybridized carbons (Fsp3) is 0.185. The van der Waals surface area contributed by atoms with Crippen LogP contribution in [0, 0.1) is 13.8 Å². The van der Waals surface area contributed by atoms with Gasteiger partial charge in [-0.3, -0.25) is 9.59 Å². The number of anilines is 1. The lowest BCUT2D eigenvalue weighted by Crippen LogP contribution is -2.24. The Morgan fingerprint density at radius 1 is 1.00 bits per heavy atom. The molecule has 35 heavy (non-hydrogen) atoms. The Hall–Kier alpha value is -3.91. The fourth-order valence-corrected chi connectivity index (χ4v) is 5.20. The van der Waals surface area contributed by atoms with Gasteiger partial charge in [-0.1, -0.05) is 35.9 Å². The molecule has 1 heterocycles. The van der Waals surface area contributed by atoms with Crippen LogP contribution < -0.4 is 15.5 Å². The van der Waals surface area contributed by atoms with Gasteiger partial charge in [0.25, 0.3) is 0 Å². The minimum absolute atomic E-state index is 0.0106. The second kappa shape index (κ2) is 9.76. The van der Waals surface area contributed by atoms with Crippen molar-refractivity contribution in [1.29, 1.82) is 0 Å². The van der Waals surface area contributed by atoms with Crippen LogP contribution in [-0.4, -0.2) is 25.5 Å². The molecule has 0 saturated carbocycles. The van der Waals surface area contributed by atoms with Crippen LogP contribution in [0.15, 0.2) is 87.5 Å². The largest absolute Gasteiger partial charge is 0.494 e. The average Bonchev–Trinajstić information content (AvgIpc) is 2.83. The minimum atomic E-state index is -4.13. The summed E-state index contributed by atoms with van der Waals surface area (Å²) in [5.41, 5.74) is 2.25. The molecule has 0 aliphatic rings. The third-order valence-electron chi connectivity index (χ3n) is 5.68. The third-order valence-corrected chi connectivity index (χ3v) is 7.45. The highest BCUT2D eigenvalue weighted by Crippen LogP contribution is 2.24. The number of aryl methyl sites for hydroxylation is 2. The summed E-state index contributed by atoms with van der Waals surface area (Å²) in [6, 6.07) is 18.5. The normalized spacial score (nSPS) is 11.4. The van der Waals surface area contributed by atoms with E-state index in [-0.39, 0.29) is 22.7 Å². The zero-order chi connectivity index (χ0) is 25.2. The molecule has 0 saturated heterocycles. The molecule has 0 spiro atoms. The zero-order valence-electron chi connectivity index (χ0n) is 19.7. The molecule has 4 aromatic rings. The number of nitrogens with zero attached hydrogens (tertiary/aromatic N) is 1. The number of rotatable bonds is 7. The summed E-state index contributed by atoms with van der Waals surface area (Å²) in [6.07, 6.45) is 1.25. The molecule has 3 aromatic carbocycles. The molecule has 8 heteroatoms. The summed E-state index contributed by atoms with van der Waals surface area (Å²) in [6.45, 7) is 5.75. The number of fused-ring (bicyclic) bond motifs is 1. The van der Waals surface area contributed by atoms with Crippen LogP contribution in [0.2, 0.25) is 0 Å². The highest BCUT2D eigenvalue weighted by atomic mass is 32.2. The van der Waals surface area contributed by atoms with E-state index in [2.05, 4.69) is 5.32 Å². The quantitative estimate of drug-likeness (QED) is 0.412. The number of amides is 1. The molecule has 1 amide bonds. The van der Waals surface area contributed by atoms with Gasteiger partial charge in [0.05, 0.1) is 22.4 Å². The molecule has 1 N–H and O–H groups in total. The number of carbonyl (C=O) groups excluding carboxylic acids is 1. The zero-order valence-corrected chi connectivity index (χ0v) is 20.6. The van der Waals surface area contributed by atoms with Gasteiger partial charge in [0.1, 0.15) is 17.2 Å². The van der Waals surface area contributed by atoms with E-state index in [9.17, 15) is 18.0 Å². The first-order chi connectivity index (χ1) is 16.7. The first-order valence-corrected chi connectivity index (χ1v) is 12.7. The van der Waals surface area contributed by atoms with Gasteiger partial charge < -0.3 is 14.6 Å². The third kappa shape index (κ3) is 4.97. The molecule has 0 radical (unpaired) electrons. The molecule has 0 unspecified atom stereocenters. The molecule has 0 aliphatic heterocycles. The summed E-state index contributed by atoms with van der Waals surface area (Å²) >= 11 is 0. The van der Waals surface area contributed by atoms with Crippen LogP contribution in [0.3, 0.4) is 0 Å². The van der Waals surface area contributed by atoms with Crippen LogP contribution in [-0.2, 0) is 21.2 Å². The number of sulfone groups is 1. The second-order valence-corrected chi connectivity index (χ2v) is 10.2. The number of hydrogen-bond acceptors (Lipinski definition) is 5. The summed E-state index contributed by atoms with van der Waals surface area (Å²) < 4.78 is 33.9. The molecule has 4 rings (SSSR count). The maximum absolute atomic E-state index is 13.4. The van der Waals surface area contributed by atoms with E-state index in [0.29, 0.717) is 23.6 Å². The monoisotopic (exact) mass is 490 g/mol. The van der Waals surface area contributed by atoms with Crippen LogP contribution in [0.5, 0.6) is 5.75 Å². The van der Waals surface area contributed by atoms with Gasteiger partial charge in [-0.05, 0) is 62.7 Å². The number of aromatic nitrogens is 1. The lowest BCUT2D eigenvalue weighted by Gasteiger charge is -2.15. The van der Waals surface area contributed by atoms with Crippen molar-refractivity contribution in [3.8, 4) is 5.75 Å². The molecule has 180 valence electrons. The van der Waals surface area contributed by atoms with Crippen LogP contribution in [0.4, 0.5) is 5.69 Å². The predicted molar refractivity (Wildman–Crippen MR) is 136 cm³/mol. The number of pyridine rings is 1. The van der Waals surface area contributed by atoms with Gasteiger partial charge in [-0.15, -0.1) is 0 Å². The van der Waals surface area contributed by atoms with Crippen molar-refractivity contribution >= 4 is 32.3 Å². The molecular formula is C27H26N2O5S. The number of ether oxygens (including phenoxy) is 1. The van der Waals surface area contributed by atoms with Crippen molar-refractivity contribution in [3.63, 3.8) is 0 Å². The smallest absolute Gasteiger partial charge is 0.244 e. The Balaban J connectivity index is 1.85. The van der Waals surface area contributed by atoms with Gasteiger partial charge in [-0.25, -0.2) is 8.42 Å². The van der Waals surface area contributed by atoms with E-state index < -0.39 is 20.2 Å². The van der Waals surface area contributed by atoms with Crippen LogP contribution >= 0.6 is 0 Å². The molecule has 7 nitrogen and oxygen atoms in total. The van der Waals surface area contributed by atoms with Gasteiger partial charge >= 0.3 is 0 Å². The van der Waals surface area contributed by atoms with Gasteiger partial charge in [0, 0.05) is 11.9 Å². The Bertz CT molecular complexity index is 1570. The van der Waals surface area contributed by atoms with E-state index in [4.69, 9.17) is 4.74 Å². The first kappa shape index (κ1) is 24.2. The van der Waals surface area contributed by atoms with Crippen LogP contribution in [0.1, 0.15) is 18.1 Å². The predicted octanol–water partition coefficient (Wildman–Crippen LogP) is 4.49. The Morgan fingerprint density at radius 3 is 2.40 bits per heavy atom.